The van der Waals surface area contributed by atoms with Crippen LogP contribution in [0, 0.1) is 20.2 Å². The van der Waals surface area contributed by atoms with Gasteiger partial charge in [0.2, 0.25) is 0 Å². The normalized spacial score (nSPS) is 12.1. The van der Waals surface area contributed by atoms with Crippen LogP contribution in [0.25, 0.3) is 0 Å². The number of aliphatic hydroxyl groups is 1. The number of benzene rings is 1. The summed E-state index contributed by atoms with van der Waals surface area (Å²) in [6.45, 7) is -0.308. The second kappa shape index (κ2) is 5.38. The lowest BCUT2D eigenvalue weighted by molar-refractivity contribution is -0.394. The minimum absolute atomic E-state index is 0.0197. The van der Waals surface area contributed by atoms with Gasteiger partial charge in [0.25, 0.3) is 5.69 Å². The molecule has 1 aromatic carbocycles. The summed E-state index contributed by atoms with van der Waals surface area (Å²) in [6.07, 6.45) is 0.0197. The van der Waals surface area contributed by atoms with Crippen molar-refractivity contribution in [2.24, 2.45) is 5.73 Å². The Balaban J connectivity index is 3.40. The van der Waals surface area contributed by atoms with Crippen LogP contribution in [0.4, 0.5) is 11.4 Å². The van der Waals surface area contributed by atoms with E-state index in [-0.39, 0.29) is 18.6 Å². The Bertz CT molecular complexity index is 489. The zero-order chi connectivity index (χ0) is 13.9. The minimum Gasteiger partial charge on any atom is -0.502 e. The zero-order valence-corrected chi connectivity index (χ0v) is 9.15. The molecular formula is C9H11N3O6. The Hall–Kier alpha value is -2.26. The molecule has 18 heavy (non-hydrogen) atoms. The molecular weight excluding hydrogens is 246 g/mol. The van der Waals surface area contributed by atoms with E-state index < -0.39 is 33.0 Å². The lowest BCUT2D eigenvalue weighted by atomic mass is 10.0. The maximum Gasteiger partial charge on any atom is 0.317 e. The van der Waals surface area contributed by atoms with E-state index in [0.29, 0.717) is 6.07 Å². The Kier molecular flexibility index (Phi) is 4.13. The molecule has 9 nitrogen and oxygen atoms in total. The monoisotopic (exact) mass is 257 g/mol. The summed E-state index contributed by atoms with van der Waals surface area (Å²) >= 11 is 0. The molecule has 1 aromatic rings. The quantitative estimate of drug-likeness (QED) is 0.515. The van der Waals surface area contributed by atoms with E-state index in [0.717, 1.165) is 6.07 Å². The van der Waals surface area contributed by atoms with Crippen LogP contribution >= 0.6 is 0 Å². The highest BCUT2D eigenvalue weighted by Crippen LogP contribution is 2.37. The number of nitrogens with zero attached hydrogens (tertiary/aromatic N) is 2. The lowest BCUT2D eigenvalue weighted by Crippen LogP contribution is -2.13. The number of rotatable bonds is 5. The second-order valence-corrected chi connectivity index (χ2v) is 3.54. The zero-order valence-electron chi connectivity index (χ0n) is 9.15. The average Bonchev–Trinajstić information content (AvgIpc) is 2.28. The van der Waals surface area contributed by atoms with Crippen molar-refractivity contribution in [2.45, 2.75) is 12.5 Å². The topological polar surface area (TPSA) is 153 Å². The van der Waals surface area contributed by atoms with Crippen molar-refractivity contribution in [1.29, 1.82) is 0 Å². The van der Waals surface area contributed by atoms with Gasteiger partial charge in [-0.2, -0.15) is 0 Å². The van der Waals surface area contributed by atoms with Gasteiger partial charge >= 0.3 is 5.69 Å². The van der Waals surface area contributed by atoms with Gasteiger partial charge < -0.3 is 15.9 Å². The molecule has 0 saturated heterocycles. The van der Waals surface area contributed by atoms with E-state index in [1.54, 1.807) is 0 Å². The van der Waals surface area contributed by atoms with Crippen molar-refractivity contribution < 1.29 is 20.1 Å². The van der Waals surface area contributed by atoms with E-state index in [4.69, 9.17) is 10.8 Å². The van der Waals surface area contributed by atoms with Crippen LogP contribution in [0.1, 0.15) is 18.0 Å². The number of phenols is 1. The first-order valence-electron chi connectivity index (χ1n) is 4.90. The molecule has 0 aromatic heterocycles. The fourth-order valence-electron chi connectivity index (χ4n) is 1.45. The van der Waals surface area contributed by atoms with Crippen LogP contribution < -0.4 is 5.73 Å². The molecule has 1 atom stereocenters. The van der Waals surface area contributed by atoms with Crippen molar-refractivity contribution >= 4 is 11.4 Å². The Morgan fingerprint density at radius 2 is 1.89 bits per heavy atom. The molecule has 0 amide bonds. The summed E-state index contributed by atoms with van der Waals surface area (Å²) < 4.78 is 0. The first kappa shape index (κ1) is 13.8. The van der Waals surface area contributed by atoms with Crippen LogP contribution in [0.15, 0.2) is 12.1 Å². The smallest absolute Gasteiger partial charge is 0.317 e. The van der Waals surface area contributed by atoms with Crippen molar-refractivity contribution in [2.75, 3.05) is 6.61 Å². The molecule has 1 unspecified atom stereocenters. The van der Waals surface area contributed by atoms with E-state index in [2.05, 4.69) is 0 Å². The third-order valence-electron chi connectivity index (χ3n) is 2.35. The number of nitro groups is 2. The van der Waals surface area contributed by atoms with Gasteiger partial charge in [-0.1, -0.05) is 0 Å². The molecule has 0 spiro atoms. The van der Waals surface area contributed by atoms with Gasteiger partial charge in [-0.25, -0.2) is 0 Å². The molecule has 0 aliphatic heterocycles. The first-order valence-corrected chi connectivity index (χ1v) is 4.90. The fraction of sp³-hybridized carbons (Fsp3) is 0.333. The van der Waals surface area contributed by atoms with E-state index in [1.807, 2.05) is 0 Å². The van der Waals surface area contributed by atoms with Gasteiger partial charge in [-0.05, 0) is 6.42 Å². The number of nitrogens with two attached hydrogens (primary N) is 1. The minimum atomic E-state index is -0.933. The van der Waals surface area contributed by atoms with Crippen LogP contribution in [0.2, 0.25) is 0 Å². The predicted octanol–water partition coefficient (Wildman–Crippen LogP) is 0.591. The summed E-state index contributed by atoms with van der Waals surface area (Å²) in [5.41, 5.74) is 4.12. The molecule has 0 aliphatic carbocycles. The van der Waals surface area contributed by atoms with E-state index in [1.165, 1.54) is 0 Å². The second-order valence-electron chi connectivity index (χ2n) is 3.54. The number of hydrogen-bond donors (Lipinski definition) is 3. The lowest BCUT2D eigenvalue weighted by Gasteiger charge is -2.11. The maximum atomic E-state index is 10.7. The highest BCUT2D eigenvalue weighted by molar-refractivity contribution is 5.58. The van der Waals surface area contributed by atoms with Crippen LogP contribution in [-0.4, -0.2) is 26.7 Å². The summed E-state index contributed by atoms with van der Waals surface area (Å²) in [5, 5.41) is 39.6. The van der Waals surface area contributed by atoms with Gasteiger partial charge in [-0.3, -0.25) is 20.2 Å². The molecule has 0 saturated carbocycles. The van der Waals surface area contributed by atoms with Crippen molar-refractivity contribution in [3.05, 3.63) is 37.9 Å². The van der Waals surface area contributed by atoms with Crippen LogP contribution in [0.5, 0.6) is 5.75 Å². The SMILES string of the molecule is NC(CCO)c1cc([N+](=O)[O-])cc([N+](=O)[O-])c1O. The number of aliphatic hydroxyl groups excluding tert-OH is 1. The number of hydrogen-bond acceptors (Lipinski definition) is 7. The maximum absolute atomic E-state index is 10.7. The summed E-state index contributed by atoms with van der Waals surface area (Å²) in [5.74, 6) is -0.716. The van der Waals surface area contributed by atoms with Crippen molar-refractivity contribution in [3.63, 3.8) is 0 Å². The summed E-state index contributed by atoms with van der Waals surface area (Å²) in [4.78, 5) is 19.5. The third-order valence-corrected chi connectivity index (χ3v) is 2.35. The highest BCUT2D eigenvalue weighted by atomic mass is 16.6. The molecule has 0 heterocycles. The van der Waals surface area contributed by atoms with Gasteiger partial charge in [0.1, 0.15) is 0 Å². The van der Waals surface area contributed by atoms with Crippen molar-refractivity contribution in [3.8, 4) is 5.75 Å². The molecule has 0 bridgehead atoms. The number of non-ortho nitro benzene ring substituents is 1. The molecule has 4 N–H and O–H groups in total. The molecule has 0 radical (unpaired) electrons. The van der Waals surface area contributed by atoms with Gasteiger partial charge in [-0.15, -0.1) is 0 Å². The molecule has 1 rings (SSSR count). The summed E-state index contributed by atoms with van der Waals surface area (Å²) in [7, 11) is 0. The largest absolute Gasteiger partial charge is 0.502 e. The van der Waals surface area contributed by atoms with Gasteiger partial charge in [0, 0.05) is 24.3 Å². The van der Waals surface area contributed by atoms with E-state index in [9.17, 15) is 25.3 Å². The van der Waals surface area contributed by atoms with Gasteiger partial charge in [0.15, 0.2) is 5.75 Å². The first-order chi connectivity index (χ1) is 8.38. The fourth-order valence-corrected chi connectivity index (χ4v) is 1.45. The Labute approximate surface area is 101 Å². The number of nitro benzene ring substituents is 2. The Morgan fingerprint density at radius 3 is 2.33 bits per heavy atom. The van der Waals surface area contributed by atoms with Crippen molar-refractivity contribution in [1.82, 2.24) is 0 Å². The molecule has 98 valence electrons. The molecule has 0 fully saturated rings. The highest BCUT2D eigenvalue weighted by Gasteiger charge is 2.26. The molecule has 9 heteroatoms. The average molecular weight is 257 g/mol. The standard InChI is InChI=1S/C9H11N3O6/c10-7(1-2-13)6-3-5(11(15)16)4-8(9(6)14)12(17)18/h3-4,7,13-14H,1-2,10H2. The van der Waals surface area contributed by atoms with Crippen LogP contribution in [-0.2, 0) is 0 Å². The Morgan fingerprint density at radius 1 is 1.28 bits per heavy atom. The van der Waals surface area contributed by atoms with Crippen LogP contribution in [0.3, 0.4) is 0 Å². The number of aromatic hydroxyl groups is 1. The number of phenolic OH excluding ortho intramolecular Hbond substituents is 1. The third kappa shape index (κ3) is 2.70. The molecule has 0 aliphatic rings. The summed E-state index contributed by atoms with van der Waals surface area (Å²) in [6, 6.07) is 0.696. The predicted molar refractivity (Wildman–Crippen MR) is 60.0 cm³/mol. The van der Waals surface area contributed by atoms with E-state index >= 15 is 0 Å². The van der Waals surface area contributed by atoms with Gasteiger partial charge in [0.05, 0.1) is 15.9 Å².